The molecule has 0 spiro atoms. The lowest BCUT2D eigenvalue weighted by Gasteiger charge is -2.34. The summed E-state index contributed by atoms with van der Waals surface area (Å²) in [5.41, 5.74) is 10.8. The van der Waals surface area contributed by atoms with Crippen molar-refractivity contribution in [3.8, 4) is 11.1 Å². The van der Waals surface area contributed by atoms with Gasteiger partial charge in [0.05, 0.1) is 18.1 Å². The number of anilines is 2. The highest BCUT2D eigenvalue weighted by atomic mass is 32.2. The van der Waals surface area contributed by atoms with Crippen LogP contribution in [0, 0.1) is 5.82 Å². The third-order valence-corrected chi connectivity index (χ3v) is 6.04. The number of amidine groups is 1. The molecule has 0 saturated carbocycles. The van der Waals surface area contributed by atoms with Crippen molar-refractivity contribution >= 4 is 33.1 Å². The summed E-state index contributed by atoms with van der Waals surface area (Å²) in [6, 6.07) is 22.6. The van der Waals surface area contributed by atoms with E-state index in [1.165, 1.54) is 18.4 Å². The first-order valence-electron chi connectivity index (χ1n) is 10.4. The molecule has 172 valence electrons. The summed E-state index contributed by atoms with van der Waals surface area (Å²) in [6.07, 6.45) is 2.03. The fourth-order valence-corrected chi connectivity index (χ4v) is 4.51. The average Bonchev–Trinajstić information content (AvgIpc) is 3.27. The molecule has 3 N–H and O–H groups in total. The highest BCUT2D eigenvalue weighted by Crippen LogP contribution is 2.38. The Hall–Kier alpha value is -3.95. The van der Waals surface area contributed by atoms with Gasteiger partial charge in [-0.25, -0.2) is 12.8 Å². The van der Waals surface area contributed by atoms with Crippen molar-refractivity contribution in [2.75, 3.05) is 15.9 Å². The summed E-state index contributed by atoms with van der Waals surface area (Å²) in [6.45, 7) is 0. The van der Waals surface area contributed by atoms with Crippen LogP contribution < -0.4 is 15.4 Å². The van der Waals surface area contributed by atoms with Gasteiger partial charge in [-0.15, -0.1) is 0 Å². The van der Waals surface area contributed by atoms with Crippen LogP contribution in [0.25, 0.3) is 11.1 Å². The van der Waals surface area contributed by atoms with Gasteiger partial charge in [-0.1, -0.05) is 36.4 Å². The summed E-state index contributed by atoms with van der Waals surface area (Å²) in [5, 5.41) is 0. The highest BCUT2D eigenvalue weighted by molar-refractivity contribution is 7.92. The van der Waals surface area contributed by atoms with Gasteiger partial charge in [0.2, 0.25) is 15.9 Å². The number of halogens is 1. The van der Waals surface area contributed by atoms with Gasteiger partial charge >= 0.3 is 0 Å². The molecule has 0 aliphatic carbocycles. The van der Waals surface area contributed by atoms with E-state index >= 15 is 0 Å². The summed E-state index contributed by atoms with van der Waals surface area (Å²) in [7, 11) is -3.45. The first-order chi connectivity index (χ1) is 16.3. The minimum atomic E-state index is -3.45. The molecule has 4 aromatic rings. The van der Waals surface area contributed by atoms with Crippen LogP contribution in [0.2, 0.25) is 0 Å². The molecule has 1 atom stereocenters. The Morgan fingerprint density at radius 3 is 2.44 bits per heavy atom. The van der Waals surface area contributed by atoms with Crippen molar-refractivity contribution in [3.63, 3.8) is 0 Å². The molecule has 34 heavy (non-hydrogen) atoms. The van der Waals surface area contributed by atoms with Crippen LogP contribution in [-0.2, 0) is 10.0 Å². The molecule has 1 aliphatic rings. The van der Waals surface area contributed by atoms with Crippen LogP contribution in [0.3, 0.4) is 0 Å². The van der Waals surface area contributed by atoms with Gasteiger partial charge in [0.25, 0.3) is 0 Å². The molecule has 0 bridgehead atoms. The molecule has 0 amide bonds. The maximum Gasteiger partial charge on any atom is 0.229 e. The second-order valence-electron chi connectivity index (χ2n) is 7.94. The van der Waals surface area contributed by atoms with Crippen LogP contribution in [-0.4, -0.2) is 20.5 Å². The normalized spacial score (nSPS) is 15.6. The third kappa shape index (κ3) is 4.30. The zero-order chi connectivity index (χ0) is 23.9. The predicted octanol–water partition coefficient (Wildman–Crippen LogP) is 5.01. The van der Waals surface area contributed by atoms with E-state index in [2.05, 4.69) is 9.71 Å². The smallest absolute Gasteiger partial charge is 0.229 e. The number of hydrogen-bond donors (Lipinski definition) is 2. The summed E-state index contributed by atoms with van der Waals surface area (Å²) in [4.78, 5) is 6.54. The summed E-state index contributed by atoms with van der Waals surface area (Å²) in [5.74, 6) is 0.603. The number of rotatable bonds is 5. The van der Waals surface area contributed by atoms with Gasteiger partial charge in [0, 0.05) is 16.9 Å². The van der Waals surface area contributed by atoms with E-state index in [1.54, 1.807) is 30.3 Å². The molecule has 1 aliphatic heterocycles. The molecule has 3 aromatic carbocycles. The second-order valence-corrected chi connectivity index (χ2v) is 9.69. The Bertz CT molecular complexity index is 1500. The molecule has 2 heterocycles. The minimum Gasteiger partial charge on any atom is -0.446 e. The summed E-state index contributed by atoms with van der Waals surface area (Å²) >= 11 is 0. The molecule has 1 aromatic heterocycles. The van der Waals surface area contributed by atoms with Gasteiger partial charge in [0.15, 0.2) is 0 Å². The van der Waals surface area contributed by atoms with Crippen LogP contribution in [0.5, 0.6) is 0 Å². The van der Waals surface area contributed by atoms with Gasteiger partial charge in [-0.3, -0.25) is 4.72 Å². The molecule has 0 fully saturated rings. The first kappa shape index (κ1) is 21.9. The zero-order valence-corrected chi connectivity index (χ0v) is 19.0. The zero-order valence-electron chi connectivity index (χ0n) is 18.1. The number of fused-ring (bicyclic) bond motifs is 1. The molecule has 9 heteroatoms. The van der Waals surface area contributed by atoms with Crippen LogP contribution in [0.15, 0.2) is 94.5 Å². The number of nitrogens with one attached hydrogen (secondary N) is 1. The van der Waals surface area contributed by atoms with Crippen LogP contribution in [0.1, 0.15) is 17.3 Å². The molecular formula is C25H21FN4O3S. The lowest BCUT2D eigenvalue weighted by atomic mass is 10.0. The first-order valence-corrected chi connectivity index (χ1v) is 12.3. The van der Waals surface area contributed by atoms with Gasteiger partial charge in [0.1, 0.15) is 17.8 Å². The number of benzene rings is 3. The van der Waals surface area contributed by atoms with Crippen molar-refractivity contribution < 1.29 is 17.2 Å². The largest absolute Gasteiger partial charge is 0.446 e. The predicted molar refractivity (Wildman–Crippen MR) is 131 cm³/mol. The molecule has 0 saturated heterocycles. The van der Waals surface area contributed by atoms with E-state index in [0.717, 1.165) is 28.6 Å². The Morgan fingerprint density at radius 1 is 0.971 bits per heavy atom. The fourth-order valence-electron chi connectivity index (χ4n) is 3.95. The van der Waals surface area contributed by atoms with Crippen LogP contribution in [0.4, 0.5) is 21.6 Å². The van der Waals surface area contributed by atoms with E-state index in [-0.39, 0.29) is 5.82 Å². The van der Waals surface area contributed by atoms with Crippen molar-refractivity contribution in [2.24, 2.45) is 10.7 Å². The lowest BCUT2D eigenvalue weighted by molar-refractivity contribution is 0.565. The van der Waals surface area contributed by atoms with Gasteiger partial charge in [-0.2, -0.15) is 4.99 Å². The highest BCUT2D eigenvalue weighted by Gasteiger charge is 2.31. The number of nitrogens with two attached hydrogens (primary N) is 1. The van der Waals surface area contributed by atoms with Crippen molar-refractivity contribution in [3.05, 3.63) is 102 Å². The maximum absolute atomic E-state index is 13.7. The van der Waals surface area contributed by atoms with E-state index in [1.807, 2.05) is 41.3 Å². The lowest BCUT2D eigenvalue weighted by Crippen LogP contribution is -2.42. The SMILES string of the molecule is CS(=O)(=O)Nc1cccc(C2=Nc3occc3C(N)N2c2ccc(-c3cccc(F)c3)cc2)c1. The monoisotopic (exact) mass is 476 g/mol. The van der Waals surface area contributed by atoms with Crippen molar-refractivity contribution in [1.82, 2.24) is 0 Å². The van der Waals surface area contributed by atoms with E-state index in [4.69, 9.17) is 10.2 Å². The second kappa shape index (κ2) is 8.44. The standard InChI is InChI=1S/C25H21FN4O3S/c1-34(31,32)29-20-7-3-5-18(15-20)24-28-25-22(12-13-33-25)23(27)30(24)21-10-8-16(9-11-21)17-4-2-6-19(26)14-17/h2-15,23,29H,27H2,1H3. The van der Waals surface area contributed by atoms with E-state index in [9.17, 15) is 12.8 Å². The topological polar surface area (TPSA) is 101 Å². The Kier molecular flexibility index (Phi) is 5.43. The fraction of sp³-hybridized carbons (Fsp3) is 0.0800. The molecule has 0 radical (unpaired) electrons. The van der Waals surface area contributed by atoms with Crippen LogP contribution >= 0.6 is 0 Å². The van der Waals surface area contributed by atoms with Crippen molar-refractivity contribution in [1.29, 1.82) is 0 Å². The maximum atomic E-state index is 13.7. The Labute approximate surface area is 196 Å². The Balaban J connectivity index is 1.57. The number of hydrogen-bond acceptors (Lipinski definition) is 6. The molecular weight excluding hydrogens is 455 g/mol. The van der Waals surface area contributed by atoms with Gasteiger partial charge in [-0.05, 0) is 53.6 Å². The average molecular weight is 477 g/mol. The number of aliphatic imine (C=N–C) groups is 1. The van der Waals surface area contributed by atoms with E-state index < -0.39 is 16.2 Å². The Morgan fingerprint density at radius 2 is 1.71 bits per heavy atom. The van der Waals surface area contributed by atoms with Crippen molar-refractivity contribution in [2.45, 2.75) is 6.17 Å². The number of sulfonamides is 1. The number of nitrogens with zero attached hydrogens (tertiary/aromatic N) is 2. The molecule has 5 rings (SSSR count). The molecule has 1 unspecified atom stereocenters. The molecule has 7 nitrogen and oxygen atoms in total. The van der Waals surface area contributed by atoms with Gasteiger partial charge < -0.3 is 15.1 Å². The minimum absolute atomic E-state index is 0.302. The number of furan rings is 1. The summed E-state index contributed by atoms with van der Waals surface area (Å²) < 4.78 is 45.1. The van der Waals surface area contributed by atoms with E-state index in [0.29, 0.717) is 23.0 Å². The quantitative estimate of drug-likeness (QED) is 0.422. The third-order valence-electron chi connectivity index (χ3n) is 5.43.